The van der Waals surface area contributed by atoms with E-state index in [4.69, 9.17) is 9.72 Å². The summed E-state index contributed by atoms with van der Waals surface area (Å²) in [6.07, 6.45) is 4.82. The second-order valence-corrected chi connectivity index (χ2v) is 6.72. The number of hydrogen-bond acceptors (Lipinski definition) is 6. The van der Waals surface area contributed by atoms with E-state index in [9.17, 15) is 4.39 Å². The Morgan fingerprint density at radius 3 is 2.96 bits per heavy atom. The third-order valence-corrected chi connectivity index (χ3v) is 4.95. The van der Waals surface area contributed by atoms with E-state index in [2.05, 4.69) is 32.1 Å². The quantitative estimate of drug-likeness (QED) is 0.551. The van der Waals surface area contributed by atoms with Gasteiger partial charge in [0.15, 0.2) is 5.65 Å². The molecule has 0 spiro atoms. The summed E-state index contributed by atoms with van der Waals surface area (Å²) in [5.74, 6) is 0.206. The minimum Gasteiger partial charge on any atom is -0.377 e. The lowest BCUT2D eigenvalue weighted by molar-refractivity contribution is 0.0985. The third kappa shape index (κ3) is 2.71. The molecule has 0 amide bonds. The fourth-order valence-corrected chi connectivity index (χ4v) is 3.53. The highest BCUT2D eigenvalue weighted by atomic mass is 19.1. The predicted octanol–water partition coefficient (Wildman–Crippen LogP) is 2.55. The summed E-state index contributed by atoms with van der Waals surface area (Å²) in [6, 6.07) is 7.28. The Labute approximate surface area is 160 Å². The smallest absolute Gasteiger partial charge is 0.222 e. The first-order valence-corrected chi connectivity index (χ1v) is 9.06. The van der Waals surface area contributed by atoms with Crippen molar-refractivity contribution < 1.29 is 9.13 Å². The van der Waals surface area contributed by atoms with Crippen LogP contribution in [0, 0.1) is 5.95 Å². The van der Waals surface area contributed by atoms with Gasteiger partial charge in [0.2, 0.25) is 5.95 Å². The number of ether oxygens (including phenoxy) is 1. The van der Waals surface area contributed by atoms with Gasteiger partial charge in [0.05, 0.1) is 48.0 Å². The van der Waals surface area contributed by atoms with E-state index >= 15 is 0 Å². The molecule has 0 aromatic carbocycles. The molecule has 0 bridgehead atoms. The van der Waals surface area contributed by atoms with Gasteiger partial charge in [-0.2, -0.15) is 14.6 Å². The molecule has 28 heavy (non-hydrogen) atoms. The van der Waals surface area contributed by atoms with E-state index in [-0.39, 0.29) is 6.04 Å². The maximum Gasteiger partial charge on any atom is 0.222 e. The average Bonchev–Trinajstić information content (AvgIpc) is 3.37. The normalized spacial score (nSPS) is 17.4. The van der Waals surface area contributed by atoms with Crippen molar-refractivity contribution in [1.29, 1.82) is 0 Å². The van der Waals surface area contributed by atoms with Gasteiger partial charge in [-0.15, -0.1) is 0 Å². The van der Waals surface area contributed by atoms with E-state index in [0.717, 1.165) is 17.1 Å². The van der Waals surface area contributed by atoms with Gasteiger partial charge in [-0.3, -0.25) is 5.10 Å². The van der Waals surface area contributed by atoms with Gasteiger partial charge >= 0.3 is 0 Å². The lowest BCUT2D eigenvalue weighted by atomic mass is 10.1. The van der Waals surface area contributed by atoms with Crippen molar-refractivity contribution >= 4 is 11.5 Å². The number of nitrogens with one attached hydrogen (secondary N) is 1. The van der Waals surface area contributed by atoms with E-state index < -0.39 is 5.95 Å². The van der Waals surface area contributed by atoms with Crippen molar-refractivity contribution in [2.45, 2.75) is 13.0 Å². The standard InChI is InChI=1S/C19H18FN7O/c1-12-11-28-8-7-26(12)17-9-16(13-3-2-5-21-18(13)20)27-19(24-17)14(10-23-27)15-4-6-22-25-15/h2-6,9-10,12H,7-8,11H2,1H3,(H,22,25). The molecule has 1 aliphatic heterocycles. The molecule has 4 aromatic rings. The molecule has 1 unspecified atom stereocenters. The number of halogens is 1. The molecule has 0 radical (unpaired) electrons. The number of rotatable bonds is 3. The van der Waals surface area contributed by atoms with Crippen LogP contribution < -0.4 is 4.90 Å². The SMILES string of the molecule is CC1COCCN1c1cc(-c2cccnc2F)n2ncc(-c3ccn[nH]3)c2n1. The number of H-pyrrole nitrogens is 1. The molecule has 5 heterocycles. The van der Waals surface area contributed by atoms with Crippen LogP contribution in [0.25, 0.3) is 28.2 Å². The molecule has 5 rings (SSSR count). The number of fused-ring (bicyclic) bond motifs is 1. The van der Waals surface area contributed by atoms with Gasteiger partial charge in [-0.1, -0.05) is 0 Å². The van der Waals surface area contributed by atoms with Gasteiger partial charge in [0.25, 0.3) is 0 Å². The summed E-state index contributed by atoms with van der Waals surface area (Å²) in [4.78, 5) is 10.8. The van der Waals surface area contributed by atoms with Crippen LogP contribution in [0.15, 0.2) is 42.9 Å². The van der Waals surface area contributed by atoms with Gasteiger partial charge in [0, 0.05) is 25.0 Å². The first kappa shape index (κ1) is 16.8. The Hall–Kier alpha value is -3.33. The van der Waals surface area contributed by atoms with E-state index in [1.807, 2.05) is 12.1 Å². The lowest BCUT2D eigenvalue weighted by Gasteiger charge is -2.34. The van der Waals surface area contributed by atoms with E-state index in [1.54, 1.807) is 29.0 Å². The lowest BCUT2D eigenvalue weighted by Crippen LogP contribution is -2.44. The number of aromatic amines is 1. The summed E-state index contributed by atoms with van der Waals surface area (Å²) in [6.45, 7) is 4.05. The number of pyridine rings is 1. The molecule has 1 atom stereocenters. The second kappa shape index (κ2) is 6.68. The summed E-state index contributed by atoms with van der Waals surface area (Å²) < 4.78 is 21.7. The Bertz CT molecular complexity index is 1120. The highest BCUT2D eigenvalue weighted by Gasteiger charge is 2.24. The summed E-state index contributed by atoms with van der Waals surface area (Å²) in [5, 5.41) is 11.4. The number of nitrogens with zero attached hydrogens (tertiary/aromatic N) is 6. The molecule has 9 heteroatoms. The third-order valence-electron chi connectivity index (χ3n) is 4.95. The van der Waals surface area contributed by atoms with Gasteiger partial charge in [-0.25, -0.2) is 14.5 Å². The fourth-order valence-electron chi connectivity index (χ4n) is 3.53. The summed E-state index contributed by atoms with van der Waals surface area (Å²) >= 11 is 0. The molecule has 1 N–H and O–H groups in total. The second-order valence-electron chi connectivity index (χ2n) is 6.72. The minimum absolute atomic E-state index is 0.161. The number of aromatic nitrogens is 6. The topological polar surface area (TPSA) is 84.2 Å². The molecule has 1 fully saturated rings. The van der Waals surface area contributed by atoms with Crippen LogP contribution in [0.3, 0.4) is 0 Å². The van der Waals surface area contributed by atoms with Gasteiger partial charge in [0.1, 0.15) is 5.82 Å². The van der Waals surface area contributed by atoms with Crippen LogP contribution >= 0.6 is 0 Å². The molecular weight excluding hydrogens is 361 g/mol. The number of anilines is 1. The van der Waals surface area contributed by atoms with Crippen LogP contribution in [0.1, 0.15) is 6.92 Å². The first-order chi connectivity index (χ1) is 13.7. The van der Waals surface area contributed by atoms with Crippen molar-refractivity contribution in [3.8, 4) is 22.5 Å². The van der Waals surface area contributed by atoms with Crippen molar-refractivity contribution in [2.24, 2.45) is 0 Å². The van der Waals surface area contributed by atoms with Crippen molar-refractivity contribution in [3.05, 3.63) is 48.8 Å². The zero-order valence-corrected chi connectivity index (χ0v) is 15.2. The van der Waals surface area contributed by atoms with Crippen molar-refractivity contribution in [2.75, 3.05) is 24.7 Å². The zero-order valence-electron chi connectivity index (χ0n) is 15.2. The highest BCUT2D eigenvalue weighted by molar-refractivity contribution is 5.79. The number of morpholine rings is 1. The molecule has 0 aliphatic carbocycles. The maximum absolute atomic E-state index is 14.5. The molecule has 8 nitrogen and oxygen atoms in total. The summed E-state index contributed by atoms with van der Waals surface area (Å²) in [5.41, 5.74) is 3.18. The van der Waals surface area contributed by atoms with E-state index in [1.165, 1.54) is 6.20 Å². The predicted molar refractivity (Wildman–Crippen MR) is 101 cm³/mol. The van der Waals surface area contributed by atoms with Crippen LogP contribution in [-0.2, 0) is 4.74 Å². The maximum atomic E-state index is 14.5. The fraction of sp³-hybridized carbons (Fsp3) is 0.263. The molecule has 142 valence electrons. The Kier molecular flexibility index (Phi) is 4.01. The van der Waals surface area contributed by atoms with Crippen LogP contribution in [0.2, 0.25) is 0 Å². The first-order valence-electron chi connectivity index (χ1n) is 9.06. The van der Waals surface area contributed by atoms with Crippen LogP contribution in [0.4, 0.5) is 10.2 Å². The van der Waals surface area contributed by atoms with Crippen LogP contribution in [0.5, 0.6) is 0 Å². The zero-order chi connectivity index (χ0) is 19.1. The molecule has 1 aliphatic rings. The van der Waals surface area contributed by atoms with Gasteiger partial charge in [-0.05, 0) is 25.1 Å². The van der Waals surface area contributed by atoms with Crippen LogP contribution in [-0.4, -0.2) is 55.6 Å². The average molecular weight is 379 g/mol. The Morgan fingerprint density at radius 2 is 2.18 bits per heavy atom. The van der Waals surface area contributed by atoms with Crippen molar-refractivity contribution in [1.82, 2.24) is 29.8 Å². The molecular formula is C19H18FN7O. The summed E-state index contributed by atoms with van der Waals surface area (Å²) in [7, 11) is 0. The number of hydrogen-bond donors (Lipinski definition) is 1. The molecule has 1 saturated heterocycles. The van der Waals surface area contributed by atoms with Crippen molar-refractivity contribution in [3.63, 3.8) is 0 Å². The van der Waals surface area contributed by atoms with E-state index in [0.29, 0.717) is 36.7 Å². The minimum atomic E-state index is -0.547. The molecule has 0 saturated carbocycles. The molecule has 4 aromatic heterocycles. The van der Waals surface area contributed by atoms with Gasteiger partial charge < -0.3 is 9.64 Å². The Morgan fingerprint density at radius 1 is 1.25 bits per heavy atom. The monoisotopic (exact) mass is 379 g/mol. The Balaban J connectivity index is 1.77. The largest absolute Gasteiger partial charge is 0.377 e. The highest BCUT2D eigenvalue weighted by Crippen LogP contribution is 2.31.